The van der Waals surface area contributed by atoms with E-state index in [0.29, 0.717) is 10.6 Å². The lowest BCUT2D eigenvalue weighted by atomic mass is 10.2. The van der Waals surface area contributed by atoms with E-state index in [-0.39, 0.29) is 23.5 Å². The van der Waals surface area contributed by atoms with Crippen molar-refractivity contribution < 1.29 is 13.6 Å². The van der Waals surface area contributed by atoms with E-state index in [0.717, 1.165) is 6.07 Å². The fourth-order valence-electron chi connectivity index (χ4n) is 1.77. The van der Waals surface area contributed by atoms with E-state index in [2.05, 4.69) is 25.8 Å². The molecule has 0 bridgehead atoms. The highest BCUT2D eigenvalue weighted by atomic mass is 35.5. The van der Waals surface area contributed by atoms with Crippen LogP contribution < -0.4 is 10.6 Å². The van der Waals surface area contributed by atoms with Gasteiger partial charge in [-0.2, -0.15) is 5.10 Å². The van der Waals surface area contributed by atoms with Gasteiger partial charge >= 0.3 is 0 Å². The van der Waals surface area contributed by atoms with E-state index in [1.54, 1.807) is 24.3 Å². The molecule has 0 fully saturated rings. The highest BCUT2D eigenvalue weighted by molar-refractivity contribution is 6.30. The van der Waals surface area contributed by atoms with Gasteiger partial charge in [0.1, 0.15) is 5.69 Å². The molecule has 1 amide bonds. The van der Waals surface area contributed by atoms with Crippen molar-refractivity contribution in [2.45, 2.75) is 26.3 Å². The Labute approximate surface area is 142 Å². The fraction of sp³-hybridized carbons (Fsp3) is 0.267. The zero-order valence-corrected chi connectivity index (χ0v) is 13.7. The van der Waals surface area contributed by atoms with Gasteiger partial charge in [0.25, 0.3) is 12.3 Å². The molecule has 0 aliphatic heterocycles. The van der Waals surface area contributed by atoms with E-state index >= 15 is 0 Å². The molecule has 0 saturated heterocycles. The average molecular weight is 356 g/mol. The molecule has 1 heterocycles. The number of anilines is 1. The van der Waals surface area contributed by atoms with Crippen LogP contribution in [-0.2, 0) is 0 Å². The Balaban J connectivity index is 2.13. The number of aliphatic imine (C=N–C) groups is 1. The number of alkyl halides is 2. The number of amides is 1. The summed E-state index contributed by atoms with van der Waals surface area (Å²) in [6.45, 7) is 3.62. The van der Waals surface area contributed by atoms with Crippen LogP contribution in [0.2, 0.25) is 5.02 Å². The van der Waals surface area contributed by atoms with Crippen LogP contribution in [-0.4, -0.2) is 28.1 Å². The van der Waals surface area contributed by atoms with Gasteiger partial charge in [0.05, 0.1) is 0 Å². The fourth-order valence-corrected chi connectivity index (χ4v) is 1.89. The van der Waals surface area contributed by atoms with Crippen LogP contribution >= 0.6 is 11.6 Å². The predicted octanol–water partition coefficient (Wildman–Crippen LogP) is 3.61. The maximum atomic E-state index is 12.6. The molecule has 2 aromatic rings. The van der Waals surface area contributed by atoms with Gasteiger partial charge in [0.2, 0.25) is 5.96 Å². The van der Waals surface area contributed by atoms with Gasteiger partial charge in [-0.1, -0.05) is 11.6 Å². The molecule has 0 unspecified atom stereocenters. The van der Waals surface area contributed by atoms with Crippen molar-refractivity contribution in [3.63, 3.8) is 0 Å². The van der Waals surface area contributed by atoms with Gasteiger partial charge in [-0.15, -0.1) is 0 Å². The van der Waals surface area contributed by atoms with Gasteiger partial charge in [-0.3, -0.25) is 15.2 Å². The number of hydrogen-bond acceptors (Lipinski definition) is 3. The highest BCUT2D eigenvalue weighted by Crippen LogP contribution is 2.18. The van der Waals surface area contributed by atoms with E-state index in [1.807, 2.05) is 13.8 Å². The summed E-state index contributed by atoms with van der Waals surface area (Å²) in [4.78, 5) is 16.4. The summed E-state index contributed by atoms with van der Waals surface area (Å²) in [5.74, 6) is -0.179. The Bertz CT molecular complexity index is 728. The Hall–Kier alpha value is -2.48. The van der Waals surface area contributed by atoms with Crippen molar-refractivity contribution >= 4 is 29.3 Å². The number of hydrogen-bond donors (Lipinski definition) is 3. The largest absolute Gasteiger partial charge is 0.309 e. The smallest absolute Gasteiger partial charge is 0.279 e. The van der Waals surface area contributed by atoms with Crippen LogP contribution in [0, 0.1) is 0 Å². The minimum Gasteiger partial charge on any atom is -0.309 e. The molecule has 0 saturated carbocycles. The normalized spacial score (nSPS) is 11.9. The molecule has 24 heavy (non-hydrogen) atoms. The predicted molar refractivity (Wildman–Crippen MR) is 88.7 cm³/mol. The number of H-pyrrole nitrogens is 1. The molecule has 1 aromatic carbocycles. The summed E-state index contributed by atoms with van der Waals surface area (Å²) in [6.07, 6.45) is -2.66. The summed E-state index contributed by atoms with van der Waals surface area (Å²) >= 11 is 5.79. The molecule has 9 heteroatoms. The molecule has 0 aliphatic carbocycles. The highest BCUT2D eigenvalue weighted by Gasteiger charge is 2.14. The average Bonchev–Trinajstić information content (AvgIpc) is 2.95. The van der Waals surface area contributed by atoms with Gasteiger partial charge in [0, 0.05) is 22.7 Å². The molecule has 3 N–H and O–H groups in total. The Morgan fingerprint density at radius 3 is 2.50 bits per heavy atom. The third-order valence-electron chi connectivity index (χ3n) is 2.80. The monoisotopic (exact) mass is 355 g/mol. The standard InChI is InChI=1S/C15H16ClF2N5O/c1-8(2)19-15(20-12-7-11(13(17)18)22-23-12)21-14(24)9-3-5-10(16)6-4-9/h3-8,13H,1-2H3,(H3,19,20,21,22,23,24). The maximum absolute atomic E-state index is 12.6. The first kappa shape index (κ1) is 17.9. The van der Waals surface area contributed by atoms with Gasteiger partial charge in [0.15, 0.2) is 5.82 Å². The number of aromatic nitrogens is 2. The van der Waals surface area contributed by atoms with E-state index in [1.165, 1.54) is 0 Å². The third kappa shape index (κ3) is 5.02. The van der Waals surface area contributed by atoms with Crippen molar-refractivity contribution in [1.29, 1.82) is 0 Å². The van der Waals surface area contributed by atoms with Crippen LogP contribution in [0.1, 0.15) is 36.3 Å². The van der Waals surface area contributed by atoms with Gasteiger partial charge in [-0.05, 0) is 38.1 Å². The topological polar surface area (TPSA) is 82.2 Å². The minimum atomic E-state index is -2.66. The summed E-state index contributed by atoms with van der Waals surface area (Å²) in [5.41, 5.74) is 0.0541. The second kappa shape index (κ2) is 7.87. The van der Waals surface area contributed by atoms with Crippen molar-refractivity contribution in [2.24, 2.45) is 4.99 Å². The van der Waals surface area contributed by atoms with Crippen LogP contribution in [0.5, 0.6) is 0 Å². The van der Waals surface area contributed by atoms with Crippen molar-refractivity contribution in [3.05, 3.63) is 46.6 Å². The number of halogens is 3. The van der Waals surface area contributed by atoms with Crippen LogP contribution in [0.4, 0.5) is 14.6 Å². The Morgan fingerprint density at radius 1 is 1.29 bits per heavy atom. The van der Waals surface area contributed by atoms with Gasteiger partial charge in [-0.25, -0.2) is 13.8 Å². The minimum absolute atomic E-state index is 0.109. The molecular formula is C15H16ClF2N5O. The Kier molecular flexibility index (Phi) is 5.86. The maximum Gasteiger partial charge on any atom is 0.279 e. The summed E-state index contributed by atoms with van der Waals surface area (Å²) < 4.78 is 25.2. The van der Waals surface area contributed by atoms with Crippen LogP contribution in [0.3, 0.4) is 0 Å². The molecule has 2 rings (SSSR count). The lowest BCUT2D eigenvalue weighted by molar-refractivity contribution is 0.0977. The third-order valence-corrected chi connectivity index (χ3v) is 3.06. The number of carbonyl (C=O) groups excluding carboxylic acids is 1. The van der Waals surface area contributed by atoms with Gasteiger partial charge < -0.3 is 5.32 Å². The summed E-state index contributed by atoms with van der Waals surface area (Å²) in [5, 5.41) is 11.7. The van der Waals surface area contributed by atoms with E-state index in [9.17, 15) is 13.6 Å². The molecule has 6 nitrogen and oxygen atoms in total. The summed E-state index contributed by atoms with van der Waals surface area (Å²) in [6, 6.07) is 7.32. The van der Waals surface area contributed by atoms with E-state index in [4.69, 9.17) is 11.6 Å². The molecule has 0 spiro atoms. The van der Waals surface area contributed by atoms with E-state index < -0.39 is 12.3 Å². The first-order valence-electron chi connectivity index (χ1n) is 7.10. The number of benzene rings is 1. The van der Waals surface area contributed by atoms with Crippen LogP contribution in [0.25, 0.3) is 0 Å². The zero-order valence-electron chi connectivity index (χ0n) is 13.0. The SMILES string of the molecule is CC(C)N=C(NC(=O)c1ccc(Cl)cc1)Nc1cc(C(F)F)[nH]n1. The number of nitrogens with zero attached hydrogens (tertiary/aromatic N) is 2. The number of aromatic amines is 1. The molecule has 0 aliphatic rings. The zero-order chi connectivity index (χ0) is 17.7. The van der Waals surface area contributed by atoms with Crippen LogP contribution in [0.15, 0.2) is 35.3 Å². The number of guanidine groups is 1. The van der Waals surface area contributed by atoms with Crippen molar-refractivity contribution in [3.8, 4) is 0 Å². The second-order valence-electron chi connectivity index (χ2n) is 5.17. The lowest BCUT2D eigenvalue weighted by Gasteiger charge is -2.11. The quantitative estimate of drug-likeness (QED) is 0.579. The number of nitrogens with one attached hydrogen (secondary N) is 3. The molecular weight excluding hydrogens is 340 g/mol. The van der Waals surface area contributed by atoms with Crippen molar-refractivity contribution in [2.75, 3.05) is 5.32 Å². The second-order valence-corrected chi connectivity index (χ2v) is 5.60. The first-order valence-corrected chi connectivity index (χ1v) is 7.48. The molecule has 128 valence electrons. The number of rotatable bonds is 4. The molecule has 0 atom stereocenters. The first-order chi connectivity index (χ1) is 11.3. The Morgan fingerprint density at radius 2 is 1.96 bits per heavy atom. The summed E-state index contributed by atoms with van der Waals surface area (Å²) in [7, 11) is 0. The van der Waals surface area contributed by atoms with Crippen molar-refractivity contribution in [1.82, 2.24) is 15.5 Å². The lowest BCUT2D eigenvalue weighted by Crippen LogP contribution is -2.36. The number of carbonyl (C=O) groups is 1. The molecule has 0 radical (unpaired) electrons. The molecule has 1 aromatic heterocycles.